The van der Waals surface area contributed by atoms with Crippen LogP contribution in [0.3, 0.4) is 0 Å². The van der Waals surface area contributed by atoms with Crippen molar-refractivity contribution in [3.05, 3.63) is 86.9 Å². The minimum Gasteiger partial charge on any atom is -0.204 e. The van der Waals surface area contributed by atoms with Gasteiger partial charge < -0.3 is 0 Å². The molecule has 0 bridgehead atoms. The Bertz CT molecular complexity index is 1240. The summed E-state index contributed by atoms with van der Waals surface area (Å²) in [5.41, 5.74) is 3.10. The van der Waals surface area contributed by atoms with E-state index in [1.54, 1.807) is 24.3 Å². The maximum absolute atomic E-state index is 14.0. The zero-order chi connectivity index (χ0) is 23.1. The van der Waals surface area contributed by atoms with E-state index in [9.17, 15) is 8.78 Å². The minimum atomic E-state index is -0.801. The summed E-state index contributed by atoms with van der Waals surface area (Å²) in [6.45, 7) is 2.07. The van der Waals surface area contributed by atoms with Crippen LogP contribution >= 0.6 is 35.4 Å². The smallest absolute Gasteiger partial charge is 0.153 e. The lowest BCUT2D eigenvalue weighted by Gasteiger charge is -2.09. The lowest BCUT2D eigenvalue weighted by molar-refractivity contribution is 0.587. The van der Waals surface area contributed by atoms with E-state index in [1.165, 1.54) is 12.1 Å². The van der Waals surface area contributed by atoms with Crippen molar-refractivity contribution < 1.29 is 8.78 Å². The molecule has 6 heteroatoms. The Morgan fingerprint density at radius 3 is 2.09 bits per heavy atom. The molecule has 1 nitrogen and oxygen atoms in total. The number of hydrogen-bond donors (Lipinski definition) is 0. The monoisotopic (exact) mass is 483 g/mol. The number of halogens is 4. The molecule has 0 radical (unpaired) electrons. The second kappa shape index (κ2) is 11.2. The second-order valence-electron chi connectivity index (χ2n) is 6.86. The molecule has 0 aliphatic heterocycles. The third-order valence-corrected chi connectivity index (χ3v) is 5.20. The molecule has 3 aromatic carbocycles. The van der Waals surface area contributed by atoms with Crippen molar-refractivity contribution in [1.29, 1.82) is 0 Å². The molecular weight excluding hydrogens is 467 g/mol. The topological polar surface area (TPSA) is 12.4 Å². The number of hydrogen-bond acceptors (Lipinski definition) is 2. The summed E-state index contributed by atoms with van der Waals surface area (Å²) in [5.74, 6) is 4.55. The second-order valence-corrected chi connectivity index (χ2v) is 7.86. The lowest BCUT2D eigenvalue weighted by atomic mass is 10.0. The molecule has 0 amide bonds. The first-order chi connectivity index (χ1) is 15.4. The van der Waals surface area contributed by atoms with Crippen molar-refractivity contribution in [1.82, 2.24) is 0 Å². The van der Waals surface area contributed by atoms with Crippen molar-refractivity contribution in [2.75, 3.05) is 0 Å². The SMILES string of the molecule is CCCC#Cc1cc(Cl)c(-c2ccc(/C=C/c3cc(F)c(N=C=S)c(F)c3)cc2)c(Cl)c1. The summed E-state index contributed by atoms with van der Waals surface area (Å²) >= 11 is 17.3. The van der Waals surface area contributed by atoms with E-state index in [2.05, 4.69) is 36.0 Å². The van der Waals surface area contributed by atoms with Crippen LogP contribution in [0.2, 0.25) is 10.0 Å². The molecule has 0 fully saturated rings. The first kappa shape index (κ1) is 23.9. The van der Waals surface area contributed by atoms with Gasteiger partial charge in [-0.2, -0.15) is 4.99 Å². The van der Waals surface area contributed by atoms with Crippen LogP contribution < -0.4 is 0 Å². The van der Waals surface area contributed by atoms with Gasteiger partial charge in [0.15, 0.2) is 11.6 Å². The van der Waals surface area contributed by atoms with Crippen LogP contribution in [0.4, 0.5) is 14.5 Å². The highest BCUT2D eigenvalue weighted by atomic mass is 35.5. The van der Waals surface area contributed by atoms with Gasteiger partial charge in [-0.15, -0.1) is 0 Å². The number of nitrogens with zero attached hydrogens (tertiary/aromatic N) is 1. The molecule has 0 heterocycles. The van der Waals surface area contributed by atoms with Crippen LogP contribution in [0.5, 0.6) is 0 Å². The van der Waals surface area contributed by atoms with Crippen molar-refractivity contribution in [3.8, 4) is 23.0 Å². The van der Waals surface area contributed by atoms with Crippen LogP contribution in [0.25, 0.3) is 23.3 Å². The van der Waals surface area contributed by atoms with Crippen LogP contribution in [-0.4, -0.2) is 5.16 Å². The maximum atomic E-state index is 14.0. The average Bonchev–Trinajstić information content (AvgIpc) is 2.75. The standard InChI is InChI=1S/C26H17Cl2F2NS/c1-2-3-4-5-18-12-21(27)25(22(28)13-18)20-10-8-17(9-11-20)6-7-19-14-23(29)26(31-16-32)24(30)15-19/h6-15H,2-3H2,1H3/b7-6+. The number of thiocarbonyl (C=S) groups is 1. The minimum absolute atomic E-state index is 0.359. The van der Waals surface area contributed by atoms with Crippen LogP contribution in [-0.2, 0) is 0 Å². The van der Waals surface area contributed by atoms with Gasteiger partial charge in [0.2, 0.25) is 0 Å². The predicted molar refractivity (Wildman–Crippen MR) is 134 cm³/mol. The Balaban J connectivity index is 1.83. The van der Waals surface area contributed by atoms with Gasteiger partial charge in [-0.25, -0.2) is 8.78 Å². The number of isothiocyanates is 1. The Kier molecular flexibility index (Phi) is 8.33. The molecule has 0 aromatic heterocycles. The highest BCUT2D eigenvalue weighted by molar-refractivity contribution is 7.78. The summed E-state index contributed by atoms with van der Waals surface area (Å²) in [6.07, 6.45) is 5.16. The Hall–Kier alpha value is -2.80. The molecular formula is C26H17Cl2F2NS. The predicted octanol–water partition coefficient (Wildman–Crippen LogP) is 8.99. The third-order valence-electron chi connectivity index (χ3n) is 4.51. The van der Waals surface area contributed by atoms with E-state index in [0.717, 1.165) is 35.1 Å². The van der Waals surface area contributed by atoms with Crippen molar-refractivity contribution in [3.63, 3.8) is 0 Å². The van der Waals surface area contributed by atoms with Gasteiger partial charge >= 0.3 is 0 Å². The summed E-state index contributed by atoms with van der Waals surface area (Å²) < 4.78 is 27.9. The fraction of sp³-hybridized carbons (Fsp3) is 0.115. The summed E-state index contributed by atoms with van der Waals surface area (Å²) in [6, 6.07) is 13.5. The molecule has 3 aromatic rings. The number of aliphatic imine (C=N–C) groups is 1. The summed E-state index contributed by atoms with van der Waals surface area (Å²) in [4.78, 5) is 3.40. The molecule has 0 spiro atoms. The van der Waals surface area contributed by atoms with Gasteiger partial charge in [-0.1, -0.05) is 78.4 Å². The molecule has 0 aliphatic carbocycles. The van der Waals surface area contributed by atoms with E-state index >= 15 is 0 Å². The van der Waals surface area contributed by atoms with Crippen molar-refractivity contribution in [2.24, 2.45) is 4.99 Å². The molecule has 0 N–H and O–H groups in total. The van der Waals surface area contributed by atoms with E-state index in [1.807, 2.05) is 29.4 Å². The summed E-state index contributed by atoms with van der Waals surface area (Å²) in [5, 5.41) is 3.01. The summed E-state index contributed by atoms with van der Waals surface area (Å²) in [7, 11) is 0. The Labute approximate surface area is 201 Å². The molecule has 0 unspecified atom stereocenters. The molecule has 0 aliphatic rings. The van der Waals surface area contributed by atoms with Crippen LogP contribution in [0, 0.1) is 23.5 Å². The van der Waals surface area contributed by atoms with Crippen molar-refractivity contribution in [2.45, 2.75) is 19.8 Å². The molecule has 0 saturated carbocycles. The number of benzene rings is 3. The zero-order valence-electron chi connectivity index (χ0n) is 17.1. The van der Waals surface area contributed by atoms with Gasteiger partial charge in [0.05, 0.1) is 15.2 Å². The first-order valence-electron chi connectivity index (χ1n) is 9.76. The lowest BCUT2D eigenvalue weighted by Crippen LogP contribution is -1.86. The highest BCUT2D eigenvalue weighted by Crippen LogP contribution is 2.36. The normalized spacial score (nSPS) is 10.5. The molecule has 160 valence electrons. The zero-order valence-corrected chi connectivity index (χ0v) is 19.4. The quantitative estimate of drug-likeness (QED) is 0.152. The average molecular weight is 484 g/mol. The first-order valence-corrected chi connectivity index (χ1v) is 10.9. The molecule has 0 atom stereocenters. The maximum Gasteiger partial charge on any atom is 0.153 e. The largest absolute Gasteiger partial charge is 0.204 e. The van der Waals surface area contributed by atoms with Gasteiger partial charge in [0, 0.05) is 17.5 Å². The molecule has 32 heavy (non-hydrogen) atoms. The van der Waals surface area contributed by atoms with Crippen LogP contribution in [0.15, 0.2) is 53.5 Å². The fourth-order valence-electron chi connectivity index (χ4n) is 3.00. The highest BCUT2D eigenvalue weighted by Gasteiger charge is 2.11. The number of rotatable bonds is 5. The van der Waals surface area contributed by atoms with Gasteiger partial charge in [-0.05, 0) is 59.6 Å². The van der Waals surface area contributed by atoms with Crippen LogP contribution in [0.1, 0.15) is 36.5 Å². The Morgan fingerprint density at radius 1 is 0.938 bits per heavy atom. The third kappa shape index (κ3) is 5.91. The fourth-order valence-corrected chi connectivity index (χ4v) is 3.79. The molecule has 0 saturated heterocycles. The molecule has 3 rings (SSSR count). The van der Waals surface area contributed by atoms with Gasteiger partial charge in [0.25, 0.3) is 0 Å². The van der Waals surface area contributed by atoms with Crippen molar-refractivity contribution >= 4 is 58.4 Å². The van der Waals surface area contributed by atoms with E-state index in [4.69, 9.17) is 23.2 Å². The number of unbranched alkanes of at least 4 members (excludes halogenated alkanes) is 1. The van der Waals surface area contributed by atoms with Gasteiger partial charge in [0.1, 0.15) is 5.69 Å². The van der Waals surface area contributed by atoms with E-state index in [0.29, 0.717) is 15.6 Å². The van der Waals surface area contributed by atoms with E-state index in [-0.39, 0.29) is 0 Å². The Morgan fingerprint density at radius 2 is 1.53 bits per heavy atom. The van der Waals surface area contributed by atoms with E-state index < -0.39 is 17.3 Å². The van der Waals surface area contributed by atoms with Gasteiger partial charge in [-0.3, -0.25) is 0 Å².